The summed E-state index contributed by atoms with van der Waals surface area (Å²) in [6.45, 7) is 11.6. The Balaban J connectivity index is 1.48. The van der Waals surface area contributed by atoms with Gasteiger partial charge in [0.25, 0.3) is 5.91 Å². The Labute approximate surface area is 202 Å². The number of ketones is 1. The lowest BCUT2D eigenvalue weighted by molar-refractivity contribution is 0.0909. The number of carbonyl (C=O) groups excluding carboxylic acids is 2. The van der Waals surface area contributed by atoms with E-state index in [0.717, 1.165) is 44.1 Å². The smallest absolute Gasteiger partial charge is 0.287 e. The third kappa shape index (κ3) is 4.69. The van der Waals surface area contributed by atoms with E-state index in [1.807, 2.05) is 13.0 Å². The highest BCUT2D eigenvalue weighted by atomic mass is 16.4. The highest BCUT2D eigenvalue weighted by Gasteiger charge is 2.38. The van der Waals surface area contributed by atoms with Crippen LogP contribution in [0.5, 0.6) is 0 Å². The summed E-state index contributed by atoms with van der Waals surface area (Å²) in [4.78, 5) is 26.0. The van der Waals surface area contributed by atoms with E-state index in [-0.39, 0.29) is 40.0 Å². The maximum atomic E-state index is 13.4. The van der Waals surface area contributed by atoms with Gasteiger partial charge in [0.05, 0.1) is 6.07 Å². The van der Waals surface area contributed by atoms with Crippen molar-refractivity contribution in [1.82, 2.24) is 5.32 Å². The van der Waals surface area contributed by atoms with Crippen molar-refractivity contribution in [2.45, 2.75) is 84.0 Å². The maximum absolute atomic E-state index is 13.4. The third-order valence-electron chi connectivity index (χ3n) is 8.08. The van der Waals surface area contributed by atoms with E-state index in [9.17, 15) is 9.59 Å². The van der Waals surface area contributed by atoms with Gasteiger partial charge >= 0.3 is 0 Å². The zero-order valence-electron chi connectivity index (χ0n) is 21.1. The van der Waals surface area contributed by atoms with Crippen LogP contribution in [0.15, 0.2) is 28.7 Å². The average molecular weight is 461 g/mol. The monoisotopic (exact) mass is 460 g/mol. The van der Waals surface area contributed by atoms with Crippen LogP contribution in [0.25, 0.3) is 0 Å². The fraction of sp³-hybridized carbons (Fsp3) is 0.552. The highest BCUT2D eigenvalue weighted by molar-refractivity contribution is 6.09. The molecule has 0 radical (unpaired) electrons. The summed E-state index contributed by atoms with van der Waals surface area (Å²) < 4.78 is 5.72. The molecular formula is C29H36N2O3. The SMILES string of the molecule is Cc1cc2c(cc1C(=O)c1ccc(C(=O)NCC3CCC(C#N)CC3)o1)C(C)(C)CCC2(C)C. The largest absolute Gasteiger partial charge is 0.447 e. The summed E-state index contributed by atoms with van der Waals surface area (Å²) in [5, 5.41) is 12.0. The number of carbonyl (C=O) groups is 2. The molecule has 0 saturated heterocycles. The Morgan fingerprint density at radius 2 is 1.59 bits per heavy atom. The second-order valence-electron chi connectivity index (χ2n) is 11.5. The van der Waals surface area contributed by atoms with Gasteiger partial charge in [0.2, 0.25) is 5.78 Å². The van der Waals surface area contributed by atoms with Crippen molar-refractivity contribution in [1.29, 1.82) is 5.26 Å². The fourth-order valence-electron chi connectivity index (χ4n) is 5.50. The van der Waals surface area contributed by atoms with Crippen molar-refractivity contribution >= 4 is 11.7 Å². The summed E-state index contributed by atoms with van der Waals surface area (Å²) in [7, 11) is 0. The van der Waals surface area contributed by atoms with E-state index in [1.165, 1.54) is 11.1 Å². The van der Waals surface area contributed by atoms with E-state index >= 15 is 0 Å². The van der Waals surface area contributed by atoms with Crippen LogP contribution in [0.2, 0.25) is 0 Å². The second-order valence-corrected chi connectivity index (χ2v) is 11.5. The van der Waals surface area contributed by atoms with Gasteiger partial charge < -0.3 is 9.73 Å². The zero-order chi connectivity index (χ0) is 24.7. The molecule has 1 amide bonds. The number of fused-ring (bicyclic) bond motifs is 1. The molecule has 0 spiro atoms. The van der Waals surface area contributed by atoms with Crippen LogP contribution < -0.4 is 5.32 Å². The summed E-state index contributed by atoms with van der Waals surface area (Å²) in [6.07, 6.45) is 5.88. The third-order valence-corrected chi connectivity index (χ3v) is 8.08. The minimum atomic E-state index is -0.300. The lowest BCUT2D eigenvalue weighted by Gasteiger charge is -2.42. The summed E-state index contributed by atoms with van der Waals surface area (Å²) in [5.74, 6) is 0.395. The van der Waals surface area contributed by atoms with E-state index in [1.54, 1.807) is 12.1 Å². The van der Waals surface area contributed by atoms with Crippen LogP contribution in [0.1, 0.15) is 110 Å². The molecule has 180 valence electrons. The molecule has 0 aliphatic heterocycles. The van der Waals surface area contributed by atoms with Crippen LogP contribution in [0.4, 0.5) is 0 Å². The Morgan fingerprint density at radius 3 is 2.21 bits per heavy atom. The molecule has 5 nitrogen and oxygen atoms in total. The molecule has 1 N–H and O–H groups in total. The first-order chi connectivity index (χ1) is 16.0. The molecule has 2 aliphatic carbocycles. The first-order valence-corrected chi connectivity index (χ1v) is 12.5. The number of hydrogen-bond acceptors (Lipinski definition) is 4. The molecule has 1 heterocycles. The molecule has 1 aromatic heterocycles. The number of benzene rings is 1. The minimum absolute atomic E-state index is 0.00811. The number of rotatable bonds is 5. The van der Waals surface area contributed by atoms with Gasteiger partial charge in [0, 0.05) is 18.0 Å². The van der Waals surface area contributed by atoms with Gasteiger partial charge in [-0.05, 0) is 97.1 Å². The Kier molecular flexibility index (Phi) is 6.46. The van der Waals surface area contributed by atoms with E-state index in [0.29, 0.717) is 18.0 Å². The first-order valence-electron chi connectivity index (χ1n) is 12.5. The standard InChI is InChI=1S/C29H36N2O3/c1-18-14-22-23(29(4,5)13-12-28(22,2)3)15-21(18)26(32)24-10-11-25(34-24)27(33)31-17-20-8-6-19(16-30)7-9-20/h10-11,14-15,19-20H,6-9,12-13,17H2,1-5H3,(H,31,33). The van der Waals surface area contributed by atoms with Crippen LogP contribution in [0, 0.1) is 30.1 Å². The normalized spacial score (nSPS) is 22.9. The van der Waals surface area contributed by atoms with E-state index in [4.69, 9.17) is 9.68 Å². The predicted octanol–water partition coefficient (Wildman–Crippen LogP) is 6.23. The maximum Gasteiger partial charge on any atom is 0.287 e. The first kappa shape index (κ1) is 24.3. The topological polar surface area (TPSA) is 83.1 Å². The van der Waals surface area contributed by atoms with Gasteiger partial charge in [-0.25, -0.2) is 0 Å². The quantitative estimate of drug-likeness (QED) is 0.536. The lowest BCUT2D eigenvalue weighted by atomic mass is 9.62. The van der Waals surface area contributed by atoms with Gasteiger partial charge in [-0.2, -0.15) is 5.26 Å². The number of hydrogen-bond donors (Lipinski definition) is 1. The predicted molar refractivity (Wildman–Crippen MR) is 132 cm³/mol. The Bertz CT molecular complexity index is 1140. The molecule has 1 fully saturated rings. The molecular weight excluding hydrogens is 424 g/mol. The van der Waals surface area contributed by atoms with Crippen molar-refractivity contribution in [3.63, 3.8) is 0 Å². The van der Waals surface area contributed by atoms with Crippen LogP contribution in [-0.4, -0.2) is 18.2 Å². The number of nitrogens with zero attached hydrogens (tertiary/aromatic N) is 1. The van der Waals surface area contributed by atoms with Crippen LogP contribution in [-0.2, 0) is 10.8 Å². The van der Waals surface area contributed by atoms with Crippen molar-refractivity contribution in [3.8, 4) is 6.07 Å². The molecule has 0 bridgehead atoms. The molecule has 2 aromatic rings. The summed E-state index contributed by atoms with van der Waals surface area (Å²) in [5.41, 5.74) is 4.22. The van der Waals surface area contributed by atoms with E-state index < -0.39 is 0 Å². The zero-order valence-corrected chi connectivity index (χ0v) is 21.1. The Hall–Kier alpha value is -2.87. The summed E-state index contributed by atoms with van der Waals surface area (Å²) in [6, 6.07) is 9.73. The Morgan fingerprint density at radius 1 is 1.00 bits per heavy atom. The highest BCUT2D eigenvalue weighted by Crippen LogP contribution is 2.46. The molecule has 1 aromatic carbocycles. The molecule has 1 saturated carbocycles. The minimum Gasteiger partial charge on any atom is -0.447 e. The molecule has 0 unspecified atom stereocenters. The number of aryl methyl sites for hydroxylation is 1. The summed E-state index contributed by atoms with van der Waals surface area (Å²) >= 11 is 0. The molecule has 0 atom stereocenters. The van der Waals surface area contributed by atoms with Gasteiger partial charge in [-0.3, -0.25) is 9.59 Å². The van der Waals surface area contributed by atoms with Gasteiger partial charge in [0.1, 0.15) is 0 Å². The van der Waals surface area contributed by atoms with E-state index in [2.05, 4.69) is 45.1 Å². The van der Waals surface area contributed by atoms with Crippen LogP contribution >= 0.6 is 0 Å². The van der Waals surface area contributed by atoms with Crippen molar-refractivity contribution in [3.05, 3.63) is 58.0 Å². The van der Waals surface area contributed by atoms with Crippen molar-refractivity contribution in [2.75, 3.05) is 6.54 Å². The van der Waals surface area contributed by atoms with Crippen molar-refractivity contribution in [2.24, 2.45) is 11.8 Å². The average Bonchev–Trinajstić information content (AvgIpc) is 3.31. The fourth-order valence-corrected chi connectivity index (χ4v) is 5.50. The number of nitrogens with one attached hydrogen (secondary N) is 1. The number of nitriles is 1. The second kappa shape index (κ2) is 9.06. The van der Waals surface area contributed by atoms with Gasteiger partial charge in [-0.15, -0.1) is 0 Å². The number of furan rings is 1. The molecule has 5 heteroatoms. The molecule has 4 rings (SSSR count). The molecule has 34 heavy (non-hydrogen) atoms. The van der Waals surface area contributed by atoms with Crippen molar-refractivity contribution < 1.29 is 14.0 Å². The lowest BCUT2D eigenvalue weighted by Crippen LogP contribution is -2.34. The van der Waals surface area contributed by atoms with Gasteiger partial charge in [-0.1, -0.05) is 33.8 Å². The van der Waals surface area contributed by atoms with Gasteiger partial charge in [0.15, 0.2) is 11.5 Å². The number of amides is 1. The van der Waals surface area contributed by atoms with Crippen LogP contribution in [0.3, 0.4) is 0 Å². The molecule has 2 aliphatic rings.